The molecule has 5 heteroatoms. The summed E-state index contributed by atoms with van der Waals surface area (Å²) in [6, 6.07) is 3.15. The molecule has 0 aromatic heterocycles. The van der Waals surface area contributed by atoms with E-state index >= 15 is 0 Å². The Hall–Kier alpha value is -0.930. The SMILES string of the molecule is Nc1cc(Cl)c(NC(=O)C2CCC2)c(Cl)c1. The fourth-order valence-electron chi connectivity index (χ4n) is 1.61. The number of carbonyl (C=O) groups is 1. The highest BCUT2D eigenvalue weighted by Gasteiger charge is 2.26. The van der Waals surface area contributed by atoms with Gasteiger partial charge in [0.15, 0.2) is 0 Å². The predicted octanol–water partition coefficient (Wildman–Crippen LogP) is 3.31. The summed E-state index contributed by atoms with van der Waals surface area (Å²) in [5, 5.41) is 3.49. The summed E-state index contributed by atoms with van der Waals surface area (Å²) in [7, 11) is 0. The van der Waals surface area contributed by atoms with Crippen molar-refractivity contribution in [2.75, 3.05) is 11.1 Å². The zero-order valence-electron chi connectivity index (χ0n) is 8.59. The number of nitrogen functional groups attached to an aromatic ring is 1. The van der Waals surface area contributed by atoms with Crippen molar-refractivity contribution < 1.29 is 4.79 Å². The Morgan fingerprint density at radius 3 is 2.31 bits per heavy atom. The molecule has 1 aromatic carbocycles. The van der Waals surface area contributed by atoms with Gasteiger partial charge in [-0.15, -0.1) is 0 Å². The van der Waals surface area contributed by atoms with Crippen molar-refractivity contribution in [3.05, 3.63) is 22.2 Å². The first-order valence-corrected chi connectivity index (χ1v) is 5.89. The van der Waals surface area contributed by atoms with Gasteiger partial charge in [0, 0.05) is 11.6 Å². The van der Waals surface area contributed by atoms with Gasteiger partial charge < -0.3 is 11.1 Å². The molecule has 0 saturated heterocycles. The van der Waals surface area contributed by atoms with E-state index in [0.717, 1.165) is 19.3 Å². The van der Waals surface area contributed by atoms with Gasteiger partial charge >= 0.3 is 0 Å². The Balaban J connectivity index is 2.17. The number of nitrogens with two attached hydrogens (primary N) is 1. The number of benzene rings is 1. The molecule has 1 amide bonds. The van der Waals surface area contributed by atoms with Crippen LogP contribution in [0.15, 0.2) is 12.1 Å². The summed E-state index contributed by atoms with van der Waals surface area (Å²) >= 11 is 11.9. The number of hydrogen-bond acceptors (Lipinski definition) is 2. The van der Waals surface area contributed by atoms with Gasteiger partial charge in [-0.1, -0.05) is 29.6 Å². The summed E-state index contributed by atoms with van der Waals surface area (Å²) in [6.45, 7) is 0. The average molecular weight is 259 g/mol. The molecule has 86 valence electrons. The highest BCUT2D eigenvalue weighted by molar-refractivity contribution is 6.40. The Bertz CT molecular complexity index is 407. The minimum atomic E-state index is -0.0141. The molecular formula is C11H12Cl2N2O. The van der Waals surface area contributed by atoms with E-state index in [1.807, 2.05) is 0 Å². The lowest BCUT2D eigenvalue weighted by Gasteiger charge is -2.24. The largest absolute Gasteiger partial charge is 0.399 e. The number of nitrogens with one attached hydrogen (secondary N) is 1. The van der Waals surface area contributed by atoms with Crippen LogP contribution in [0, 0.1) is 5.92 Å². The predicted molar refractivity (Wildman–Crippen MR) is 66.8 cm³/mol. The van der Waals surface area contributed by atoms with Crippen molar-refractivity contribution in [1.29, 1.82) is 0 Å². The van der Waals surface area contributed by atoms with Gasteiger partial charge in [0.25, 0.3) is 0 Å². The molecule has 1 aliphatic rings. The van der Waals surface area contributed by atoms with Crippen LogP contribution in [0.25, 0.3) is 0 Å². The van der Waals surface area contributed by atoms with E-state index in [1.54, 1.807) is 12.1 Å². The van der Waals surface area contributed by atoms with Crippen molar-refractivity contribution in [3.63, 3.8) is 0 Å². The molecule has 2 rings (SSSR count). The maximum Gasteiger partial charge on any atom is 0.227 e. The maximum absolute atomic E-state index is 11.7. The zero-order valence-corrected chi connectivity index (χ0v) is 10.1. The van der Waals surface area contributed by atoms with Crippen LogP contribution in [0.4, 0.5) is 11.4 Å². The number of rotatable bonds is 2. The van der Waals surface area contributed by atoms with Crippen LogP contribution in [-0.4, -0.2) is 5.91 Å². The molecule has 3 N–H and O–H groups in total. The molecule has 1 aliphatic carbocycles. The molecule has 1 fully saturated rings. The molecule has 1 aromatic rings. The third kappa shape index (κ3) is 2.25. The number of hydrogen-bond donors (Lipinski definition) is 2. The fourth-order valence-corrected chi connectivity index (χ4v) is 2.21. The molecule has 0 unspecified atom stereocenters. The van der Waals surface area contributed by atoms with Gasteiger partial charge in [-0.25, -0.2) is 0 Å². The van der Waals surface area contributed by atoms with Crippen molar-refractivity contribution in [3.8, 4) is 0 Å². The van der Waals surface area contributed by atoms with Crippen molar-refractivity contribution in [2.24, 2.45) is 5.92 Å². The van der Waals surface area contributed by atoms with E-state index in [-0.39, 0.29) is 11.8 Å². The van der Waals surface area contributed by atoms with E-state index in [2.05, 4.69) is 5.32 Å². The molecule has 1 saturated carbocycles. The van der Waals surface area contributed by atoms with Gasteiger partial charge in [0.05, 0.1) is 15.7 Å². The van der Waals surface area contributed by atoms with Crippen LogP contribution in [0.2, 0.25) is 10.0 Å². The molecule has 16 heavy (non-hydrogen) atoms. The second-order valence-electron chi connectivity index (χ2n) is 3.98. The van der Waals surface area contributed by atoms with Crippen LogP contribution in [0.1, 0.15) is 19.3 Å². The molecule has 0 radical (unpaired) electrons. The minimum absolute atomic E-state index is 0.0141. The molecule has 3 nitrogen and oxygen atoms in total. The summed E-state index contributed by atoms with van der Waals surface area (Å²) in [5.41, 5.74) is 6.51. The molecule has 0 bridgehead atoms. The van der Waals surface area contributed by atoms with E-state index in [9.17, 15) is 4.79 Å². The van der Waals surface area contributed by atoms with Crippen molar-refractivity contribution >= 4 is 40.5 Å². The lowest BCUT2D eigenvalue weighted by Crippen LogP contribution is -2.28. The smallest absolute Gasteiger partial charge is 0.227 e. The molecular weight excluding hydrogens is 247 g/mol. The number of halogens is 2. The second kappa shape index (κ2) is 4.52. The monoisotopic (exact) mass is 258 g/mol. The Labute approximate surface area is 104 Å². The minimum Gasteiger partial charge on any atom is -0.399 e. The summed E-state index contributed by atoms with van der Waals surface area (Å²) in [4.78, 5) is 11.7. The van der Waals surface area contributed by atoms with Crippen LogP contribution < -0.4 is 11.1 Å². The van der Waals surface area contributed by atoms with Crippen LogP contribution in [-0.2, 0) is 4.79 Å². The molecule has 0 spiro atoms. The Morgan fingerprint density at radius 1 is 1.31 bits per heavy atom. The highest BCUT2D eigenvalue weighted by atomic mass is 35.5. The lowest BCUT2D eigenvalue weighted by molar-refractivity contribution is -0.122. The van der Waals surface area contributed by atoms with Crippen LogP contribution in [0.5, 0.6) is 0 Å². The van der Waals surface area contributed by atoms with Crippen molar-refractivity contribution in [1.82, 2.24) is 0 Å². The third-order valence-electron chi connectivity index (χ3n) is 2.79. The van der Waals surface area contributed by atoms with Gasteiger partial charge in [0.1, 0.15) is 0 Å². The van der Waals surface area contributed by atoms with Gasteiger partial charge in [0.2, 0.25) is 5.91 Å². The maximum atomic E-state index is 11.7. The Morgan fingerprint density at radius 2 is 1.88 bits per heavy atom. The number of carbonyl (C=O) groups excluding carboxylic acids is 1. The fraction of sp³-hybridized carbons (Fsp3) is 0.364. The third-order valence-corrected chi connectivity index (χ3v) is 3.38. The number of amides is 1. The van der Waals surface area contributed by atoms with Crippen LogP contribution in [0.3, 0.4) is 0 Å². The first-order valence-electron chi connectivity index (χ1n) is 5.13. The zero-order chi connectivity index (χ0) is 11.7. The van der Waals surface area contributed by atoms with Gasteiger partial charge in [-0.05, 0) is 25.0 Å². The normalized spacial score (nSPS) is 15.6. The van der Waals surface area contributed by atoms with E-state index in [1.165, 1.54) is 0 Å². The molecule has 0 atom stereocenters. The quantitative estimate of drug-likeness (QED) is 0.800. The first kappa shape index (κ1) is 11.6. The van der Waals surface area contributed by atoms with E-state index in [4.69, 9.17) is 28.9 Å². The summed E-state index contributed by atoms with van der Waals surface area (Å²) in [6.07, 6.45) is 2.99. The second-order valence-corrected chi connectivity index (χ2v) is 4.79. The topological polar surface area (TPSA) is 55.1 Å². The summed E-state index contributed by atoms with van der Waals surface area (Å²) in [5.74, 6) is 0.0875. The van der Waals surface area contributed by atoms with E-state index in [0.29, 0.717) is 21.4 Å². The van der Waals surface area contributed by atoms with Crippen molar-refractivity contribution in [2.45, 2.75) is 19.3 Å². The first-order chi connectivity index (χ1) is 7.58. The number of anilines is 2. The van der Waals surface area contributed by atoms with Gasteiger partial charge in [-0.3, -0.25) is 4.79 Å². The lowest BCUT2D eigenvalue weighted by atomic mass is 9.85. The van der Waals surface area contributed by atoms with E-state index < -0.39 is 0 Å². The highest BCUT2D eigenvalue weighted by Crippen LogP contribution is 2.34. The average Bonchev–Trinajstić information content (AvgIpc) is 2.08. The Kier molecular flexibility index (Phi) is 3.26. The van der Waals surface area contributed by atoms with Crippen LogP contribution >= 0.6 is 23.2 Å². The van der Waals surface area contributed by atoms with Gasteiger partial charge in [-0.2, -0.15) is 0 Å². The molecule has 0 aliphatic heterocycles. The standard InChI is InChI=1S/C11H12Cl2N2O/c12-8-4-7(14)5-9(13)10(8)15-11(16)6-2-1-3-6/h4-6H,1-3,14H2,(H,15,16). The molecule has 0 heterocycles. The summed E-state index contributed by atoms with van der Waals surface area (Å²) < 4.78 is 0.